The number of anilines is 1. The fourth-order valence-electron chi connectivity index (χ4n) is 4.03. The lowest BCUT2D eigenvalue weighted by atomic mass is 10.1. The number of barbiturate groups is 1. The third-order valence-corrected chi connectivity index (χ3v) is 6.61. The summed E-state index contributed by atoms with van der Waals surface area (Å²) in [7, 11) is 0. The number of urea groups is 1. The summed E-state index contributed by atoms with van der Waals surface area (Å²) in [6, 6.07) is 15.5. The molecule has 3 aromatic carbocycles. The minimum Gasteiger partial charge on any atom is -0.490 e. The summed E-state index contributed by atoms with van der Waals surface area (Å²) >= 11 is 6.87. The normalized spacial score (nSPS) is 14.7. The van der Waals surface area contributed by atoms with Gasteiger partial charge in [0.2, 0.25) is 0 Å². The molecule has 9 heteroatoms. The van der Waals surface area contributed by atoms with Crippen LogP contribution in [0.3, 0.4) is 0 Å². The summed E-state index contributed by atoms with van der Waals surface area (Å²) in [6.07, 6.45) is 1.43. The molecule has 1 aliphatic rings. The second-order valence-electron chi connectivity index (χ2n) is 8.48. The monoisotopic (exact) mass is 626 g/mol. The molecule has 37 heavy (non-hydrogen) atoms. The zero-order valence-corrected chi connectivity index (χ0v) is 23.6. The van der Waals surface area contributed by atoms with Crippen LogP contribution in [0.4, 0.5) is 10.5 Å². The first-order valence-electron chi connectivity index (χ1n) is 11.5. The minimum atomic E-state index is -0.805. The van der Waals surface area contributed by atoms with Gasteiger partial charge in [0.25, 0.3) is 11.8 Å². The Labute approximate surface area is 231 Å². The van der Waals surface area contributed by atoms with Crippen molar-refractivity contribution in [1.82, 2.24) is 5.32 Å². The molecule has 7 nitrogen and oxygen atoms in total. The number of halogens is 2. The number of nitrogens with zero attached hydrogens (tertiary/aromatic N) is 1. The van der Waals surface area contributed by atoms with E-state index >= 15 is 0 Å². The Morgan fingerprint density at radius 2 is 1.59 bits per heavy atom. The van der Waals surface area contributed by atoms with Crippen molar-refractivity contribution in [2.24, 2.45) is 0 Å². The van der Waals surface area contributed by atoms with Crippen molar-refractivity contribution in [3.05, 3.63) is 91.4 Å². The molecule has 0 saturated carbocycles. The maximum Gasteiger partial charge on any atom is 0.335 e. The molecule has 0 aliphatic carbocycles. The van der Waals surface area contributed by atoms with Crippen LogP contribution in [0, 0.1) is 13.8 Å². The number of amides is 4. The average Bonchev–Trinajstić information content (AvgIpc) is 2.82. The van der Waals surface area contributed by atoms with E-state index in [9.17, 15) is 14.4 Å². The van der Waals surface area contributed by atoms with Crippen molar-refractivity contribution >= 4 is 61.5 Å². The molecule has 1 N–H and O–H groups in total. The van der Waals surface area contributed by atoms with Gasteiger partial charge < -0.3 is 9.47 Å². The van der Waals surface area contributed by atoms with E-state index in [0.29, 0.717) is 40.4 Å². The zero-order chi connectivity index (χ0) is 26.7. The van der Waals surface area contributed by atoms with Crippen molar-refractivity contribution in [1.29, 1.82) is 0 Å². The van der Waals surface area contributed by atoms with Gasteiger partial charge in [-0.3, -0.25) is 14.9 Å². The molecule has 0 spiro atoms. The zero-order valence-electron chi connectivity index (χ0n) is 20.4. The largest absolute Gasteiger partial charge is 0.490 e. The van der Waals surface area contributed by atoms with Gasteiger partial charge in [-0.25, -0.2) is 9.69 Å². The van der Waals surface area contributed by atoms with E-state index in [4.69, 9.17) is 9.47 Å². The molecule has 0 radical (unpaired) electrons. The van der Waals surface area contributed by atoms with Gasteiger partial charge >= 0.3 is 6.03 Å². The van der Waals surface area contributed by atoms with Crippen LogP contribution in [0.5, 0.6) is 11.5 Å². The number of aryl methyl sites for hydroxylation is 2. The summed E-state index contributed by atoms with van der Waals surface area (Å²) in [4.78, 5) is 39.2. The van der Waals surface area contributed by atoms with Gasteiger partial charge in [-0.05, 0) is 90.3 Å². The molecule has 1 fully saturated rings. The van der Waals surface area contributed by atoms with Gasteiger partial charge in [0, 0.05) is 4.47 Å². The van der Waals surface area contributed by atoms with Gasteiger partial charge in [0.1, 0.15) is 12.2 Å². The molecule has 4 amide bonds. The predicted molar refractivity (Wildman–Crippen MR) is 149 cm³/mol. The Morgan fingerprint density at radius 1 is 0.919 bits per heavy atom. The lowest BCUT2D eigenvalue weighted by molar-refractivity contribution is -0.122. The summed E-state index contributed by atoms with van der Waals surface area (Å²) in [5.41, 5.74) is 4.01. The predicted octanol–water partition coefficient (Wildman–Crippen LogP) is 6.47. The molecular formula is C28H24Br2N2O5. The lowest BCUT2D eigenvalue weighted by Gasteiger charge is -2.26. The second-order valence-corrected chi connectivity index (χ2v) is 10.3. The van der Waals surface area contributed by atoms with E-state index in [1.54, 1.807) is 36.4 Å². The molecular weight excluding hydrogens is 604 g/mol. The molecule has 4 rings (SSSR count). The van der Waals surface area contributed by atoms with E-state index in [0.717, 1.165) is 26.1 Å². The Balaban J connectivity index is 1.66. The van der Waals surface area contributed by atoms with Crippen molar-refractivity contribution in [2.75, 3.05) is 11.5 Å². The average molecular weight is 628 g/mol. The van der Waals surface area contributed by atoms with Crippen LogP contribution < -0.4 is 19.7 Å². The highest BCUT2D eigenvalue weighted by Crippen LogP contribution is 2.38. The Kier molecular flexibility index (Phi) is 8.14. The van der Waals surface area contributed by atoms with Gasteiger partial charge in [-0.1, -0.05) is 45.3 Å². The first-order chi connectivity index (χ1) is 17.7. The van der Waals surface area contributed by atoms with E-state index in [2.05, 4.69) is 55.4 Å². The number of imide groups is 2. The molecule has 0 unspecified atom stereocenters. The topological polar surface area (TPSA) is 84.9 Å². The maximum absolute atomic E-state index is 13.2. The van der Waals surface area contributed by atoms with Crippen molar-refractivity contribution in [2.45, 2.75) is 27.4 Å². The number of carbonyl (C=O) groups is 3. The molecule has 190 valence electrons. The number of benzene rings is 3. The van der Waals surface area contributed by atoms with Crippen LogP contribution in [0.25, 0.3) is 6.08 Å². The molecule has 1 heterocycles. The van der Waals surface area contributed by atoms with Crippen LogP contribution in [0.1, 0.15) is 29.2 Å². The second kappa shape index (κ2) is 11.3. The van der Waals surface area contributed by atoms with Crippen LogP contribution in [0.15, 0.2) is 69.1 Å². The van der Waals surface area contributed by atoms with E-state index < -0.39 is 17.8 Å². The first-order valence-corrected chi connectivity index (χ1v) is 13.1. The fourth-order valence-corrected chi connectivity index (χ4v) is 4.87. The Bertz CT molecular complexity index is 1400. The number of nitrogens with one attached hydrogen (secondary N) is 1. The van der Waals surface area contributed by atoms with Gasteiger partial charge in [-0.2, -0.15) is 0 Å². The molecule has 0 aromatic heterocycles. The standard InChI is InChI=1S/C28H24Br2N2O5/c1-4-36-24-14-18(13-23(30)25(24)37-15-19-10-16(2)9-17(3)11-19)12-22-26(33)31-28(35)32(27(22)34)21-7-5-20(29)6-8-21/h5-14H,4,15H2,1-3H3,(H,31,33,35)/b22-12+. The number of ether oxygens (including phenoxy) is 2. The molecule has 1 saturated heterocycles. The van der Waals surface area contributed by atoms with E-state index in [-0.39, 0.29) is 5.57 Å². The van der Waals surface area contributed by atoms with E-state index in [1.807, 2.05) is 20.8 Å². The fraction of sp³-hybridized carbons (Fsp3) is 0.179. The number of hydrogen-bond acceptors (Lipinski definition) is 5. The Hall–Kier alpha value is -3.43. The summed E-state index contributed by atoms with van der Waals surface area (Å²) in [5.74, 6) is -0.528. The number of carbonyl (C=O) groups excluding carboxylic acids is 3. The van der Waals surface area contributed by atoms with Crippen LogP contribution in [0.2, 0.25) is 0 Å². The first kappa shape index (κ1) is 26.6. The molecule has 1 aliphatic heterocycles. The molecule has 0 atom stereocenters. The van der Waals surface area contributed by atoms with Crippen molar-refractivity contribution < 1.29 is 23.9 Å². The highest BCUT2D eigenvalue weighted by atomic mass is 79.9. The van der Waals surface area contributed by atoms with Gasteiger partial charge in [0.05, 0.1) is 16.8 Å². The highest BCUT2D eigenvalue weighted by molar-refractivity contribution is 9.10. The van der Waals surface area contributed by atoms with Crippen LogP contribution >= 0.6 is 31.9 Å². The van der Waals surface area contributed by atoms with Crippen LogP contribution in [-0.2, 0) is 16.2 Å². The van der Waals surface area contributed by atoms with Crippen LogP contribution in [-0.4, -0.2) is 24.5 Å². The quantitative estimate of drug-likeness (QED) is 0.240. The summed E-state index contributed by atoms with van der Waals surface area (Å²) in [5, 5.41) is 2.24. The Morgan fingerprint density at radius 3 is 2.24 bits per heavy atom. The van der Waals surface area contributed by atoms with Crippen molar-refractivity contribution in [3.63, 3.8) is 0 Å². The SMILES string of the molecule is CCOc1cc(/C=C2\C(=O)NC(=O)N(c3ccc(Br)cc3)C2=O)cc(Br)c1OCc1cc(C)cc(C)c1. The summed E-state index contributed by atoms with van der Waals surface area (Å²) < 4.78 is 13.3. The smallest absolute Gasteiger partial charge is 0.335 e. The molecule has 3 aromatic rings. The lowest BCUT2D eigenvalue weighted by Crippen LogP contribution is -2.54. The third-order valence-electron chi connectivity index (χ3n) is 5.49. The summed E-state index contributed by atoms with van der Waals surface area (Å²) in [6.45, 7) is 6.65. The van der Waals surface area contributed by atoms with Gasteiger partial charge in [-0.15, -0.1) is 0 Å². The highest BCUT2D eigenvalue weighted by Gasteiger charge is 2.36. The molecule has 0 bridgehead atoms. The van der Waals surface area contributed by atoms with E-state index in [1.165, 1.54) is 6.08 Å². The van der Waals surface area contributed by atoms with Gasteiger partial charge in [0.15, 0.2) is 11.5 Å². The maximum atomic E-state index is 13.2. The number of rotatable bonds is 7. The minimum absolute atomic E-state index is 0.180. The van der Waals surface area contributed by atoms with Crippen molar-refractivity contribution in [3.8, 4) is 11.5 Å². The number of hydrogen-bond donors (Lipinski definition) is 1. The third kappa shape index (κ3) is 6.11.